The first-order chi connectivity index (χ1) is 27.5. The monoisotopic (exact) mass is 840 g/mol. The fraction of sp³-hybridized carbons (Fsp3) is 0.306. The van der Waals surface area contributed by atoms with Gasteiger partial charge in [0, 0.05) is 0 Å². The van der Waals surface area contributed by atoms with E-state index < -0.39 is 69.3 Å². The number of rotatable bonds is 16. The fourth-order valence-corrected chi connectivity index (χ4v) is 5.96. The Morgan fingerprint density at radius 1 is 1.00 bits per heavy atom. The molecule has 1 N–H and O–H groups in total. The van der Waals surface area contributed by atoms with E-state index in [0.717, 1.165) is 35.6 Å². The Balaban J connectivity index is 0.000000262. The van der Waals surface area contributed by atoms with Crippen molar-refractivity contribution in [3.05, 3.63) is 83.8 Å². The van der Waals surface area contributed by atoms with Crippen molar-refractivity contribution < 1.29 is 68.0 Å². The standard InChI is InChI=1S/C20H20FNO4.C16H14F5N5O5S/c1-3-4-11-24-20(23)14(2)25-16-6-8-17(9-7-16)26-19-10-5-15(13-22)12-18(19)21;1-29-10-6-22-15(30-2)26-13(10)23-14(24-26)25-32(27,28)12-8(16(19,20)21)4-3-5-9(12)31-7-11(17)18/h5-10,12,14H,3-4,11H2,1-2H3;3-6,11H,7H2,1-2H3,(H,24,25)/t14-;/m1./s1. The van der Waals surface area contributed by atoms with Crippen LogP contribution in [0.15, 0.2) is 71.8 Å². The zero-order valence-electron chi connectivity index (χ0n) is 30.9. The van der Waals surface area contributed by atoms with Crippen molar-refractivity contribution in [2.75, 3.05) is 32.2 Å². The molecule has 0 saturated heterocycles. The maximum Gasteiger partial charge on any atom is 0.417 e. The van der Waals surface area contributed by atoms with Gasteiger partial charge in [0.05, 0.1) is 44.2 Å². The fourth-order valence-electron chi connectivity index (χ4n) is 4.66. The van der Waals surface area contributed by atoms with Crippen LogP contribution in [-0.4, -0.2) is 73.9 Å². The van der Waals surface area contributed by atoms with E-state index >= 15 is 0 Å². The third kappa shape index (κ3) is 11.5. The summed E-state index contributed by atoms with van der Waals surface area (Å²) in [4.78, 5) is 18.1. The average Bonchev–Trinajstić information content (AvgIpc) is 3.61. The van der Waals surface area contributed by atoms with Gasteiger partial charge in [0.2, 0.25) is 5.65 Å². The van der Waals surface area contributed by atoms with Gasteiger partial charge in [-0.1, -0.05) is 19.4 Å². The molecule has 310 valence electrons. The Kier molecular flexibility index (Phi) is 14.9. The summed E-state index contributed by atoms with van der Waals surface area (Å²) in [6.45, 7) is 2.69. The quantitative estimate of drug-likeness (QED) is 0.0598. The van der Waals surface area contributed by atoms with Crippen LogP contribution in [0.2, 0.25) is 0 Å². The topological polar surface area (TPSA) is 185 Å². The number of halogens is 6. The summed E-state index contributed by atoms with van der Waals surface area (Å²) in [6.07, 6.45) is -5.96. The minimum absolute atomic E-state index is 0.0190. The molecule has 1 atom stereocenters. The second-order valence-electron chi connectivity index (χ2n) is 11.5. The lowest BCUT2D eigenvalue weighted by Gasteiger charge is -2.17. The third-order valence-electron chi connectivity index (χ3n) is 7.35. The lowest BCUT2D eigenvalue weighted by atomic mass is 10.2. The van der Waals surface area contributed by atoms with Crippen LogP contribution in [0.1, 0.15) is 37.8 Å². The zero-order chi connectivity index (χ0) is 42.6. The number of hydrogen-bond acceptors (Lipinski definition) is 13. The number of nitrogens with one attached hydrogen (secondary N) is 1. The highest BCUT2D eigenvalue weighted by molar-refractivity contribution is 7.92. The normalized spacial score (nSPS) is 11.8. The Labute approximate surface area is 327 Å². The number of methoxy groups -OCH3 is 2. The molecule has 0 amide bonds. The van der Waals surface area contributed by atoms with E-state index in [1.54, 1.807) is 35.9 Å². The summed E-state index contributed by atoms with van der Waals surface area (Å²) in [7, 11) is -2.56. The van der Waals surface area contributed by atoms with Gasteiger partial charge in [-0.3, -0.25) is 0 Å². The number of benzene rings is 3. The number of carbonyl (C=O) groups is 1. The smallest absolute Gasteiger partial charge is 0.417 e. The molecule has 0 bridgehead atoms. The van der Waals surface area contributed by atoms with Gasteiger partial charge in [0.25, 0.3) is 22.4 Å². The zero-order valence-corrected chi connectivity index (χ0v) is 31.7. The van der Waals surface area contributed by atoms with E-state index in [1.807, 2.05) is 13.0 Å². The van der Waals surface area contributed by atoms with Crippen molar-refractivity contribution in [2.24, 2.45) is 0 Å². The second kappa shape index (κ2) is 19.6. The molecule has 22 heteroatoms. The molecule has 2 aromatic heterocycles. The van der Waals surface area contributed by atoms with E-state index in [2.05, 4.69) is 19.8 Å². The van der Waals surface area contributed by atoms with Crippen LogP contribution in [0.4, 0.5) is 32.3 Å². The van der Waals surface area contributed by atoms with Gasteiger partial charge < -0.3 is 28.4 Å². The molecule has 5 aromatic rings. The molecular weight excluding hydrogens is 806 g/mol. The summed E-state index contributed by atoms with van der Waals surface area (Å²) in [5.41, 5.74) is -1.47. The molecule has 0 radical (unpaired) electrons. The predicted molar refractivity (Wildman–Crippen MR) is 191 cm³/mol. The first-order valence-electron chi connectivity index (χ1n) is 16.8. The molecular formula is C36H34F6N6O9S. The number of hydrogen-bond donors (Lipinski definition) is 1. The lowest BCUT2D eigenvalue weighted by molar-refractivity contribution is -0.151. The van der Waals surface area contributed by atoms with Crippen LogP contribution in [0.5, 0.6) is 34.8 Å². The molecule has 3 aromatic carbocycles. The number of esters is 1. The largest absolute Gasteiger partial charge is 0.491 e. The Bertz CT molecular complexity index is 2300. The summed E-state index contributed by atoms with van der Waals surface area (Å²) >= 11 is 0. The number of fused-ring (bicyclic) bond motifs is 1. The van der Waals surface area contributed by atoms with Crippen LogP contribution < -0.4 is 28.4 Å². The lowest BCUT2D eigenvalue weighted by Crippen LogP contribution is -2.26. The Morgan fingerprint density at radius 3 is 2.31 bits per heavy atom. The SMILES string of the molecule is CCCCOC(=O)[C@@H](C)Oc1ccc(Oc2ccc(C#N)cc2F)cc1.COc1cnc(OC)n2nc(NS(=O)(=O)c3c(OCC(F)F)cccc3C(F)(F)F)nc12. The van der Waals surface area contributed by atoms with Crippen molar-refractivity contribution in [1.29, 1.82) is 5.26 Å². The number of alkyl halides is 5. The van der Waals surface area contributed by atoms with Crippen LogP contribution in [0.3, 0.4) is 0 Å². The first kappa shape index (κ1) is 44.2. The minimum Gasteiger partial charge on any atom is -0.491 e. The van der Waals surface area contributed by atoms with Gasteiger partial charge >= 0.3 is 18.2 Å². The summed E-state index contributed by atoms with van der Waals surface area (Å²) in [5.74, 6) is -1.67. The highest BCUT2D eigenvalue weighted by Crippen LogP contribution is 2.39. The molecule has 0 spiro atoms. The molecule has 5 rings (SSSR count). The van der Waals surface area contributed by atoms with Gasteiger partial charge in [0.15, 0.2) is 23.4 Å². The maximum absolute atomic E-state index is 13.8. The number of aromatic nitrogens is 4. The molecule has 0 unspecified atom stereocenters. The van der Waals surface area contributed by atoms with Crippen molar-refractivity contribution in [3.8, 4) is 40.8 Å². The summed E-state index contributed by atoms with van der Waals surface area (Å²) in [5, 5.41) is 12.5. The van der Waals surface area contributed by atoms with Gasteiger partial charge in [-0.05, 0) is 67.9 Å². The van der Waals surface area contributed by atoms with Crippen LogP contribution in [0, 0.1) is 17.1 Å². The molecule has 0 aliphatic carbocycles. The highest BCUT2D eigenvalue weighted by atomic mass is 32.2. The van der Waals surface area contributed by atoms with Crippen LogP contribution in [-0.2, 0) is 25.7 Å². The number of nitrogens with zero attached hydrogens (tertiary/aromatic N) is 5. The van der Waals surface area contributed by atoms with E-state index in [0.29, 0.717) is 24.2 Å². The maximum atomic E-state index is 13.8. The van der Waals surface area contributed by atoms with E-state index in [-0.39, 0.29) is 28.7 Å². The van der Waals surface area contributed by atoms with E-state index in [4.69, 9.17) is 28.9 Å². The first-order valence-corrected chi connectivity index (χ1v) is 18.3. The molecule has 2 heterocycles. The summed E-state index contributed by atoms with van der Waals surface area (Å²) in [6, 6.07) is 14.3. The van der Waals surface area contributed by atoms with E-state index in [1.165, 1.54) is 32.5 Å². The number of unbranched alkanes of at least 4 members (excludes halogenated alkanes) is 1. The minimum atomic E-state index is -5.14. The van der Waals surface area contributed by atoms with Crippen molar-refractivity contribution in [2.45, 2.75) is 50.3 Å². The van der Waals surface area contributed by atoms with Crippen molar-refractivity contribution in [3.63, 3.8) is 0 Å². The number of sulfonamides is 1. The molecule has 15 nitrogen and oxygen atoms in total. The van der Waals surface area contributed by atoms with Gasteiger partial charge in [-0.25, -0.2) is 31.1 Å². The van der Waals surface area contributed by atoms with Crippen LogP contribution >= 0.6 is 0 Å². The molecule has 58 heavy (non-hydrogen) atoms. The number of nitriles is 1. The predicted octanol–water partition coefficient (Wildman–Crippen LogP) is 7.21. The highest BCUT2D eigenvalue weighted by Gasteiger charge is 2.40. The second-order valence-corrected chi connectivity index (χ2v) is 13.2. The average molecular weight is 841 g/mol. The van der Waals surface area contributed by atoms with Crippen LogP contribution in [0.25, 0.3) is 5.65 Å². The Morgan fingerprint density at radius 2 is 1.71 bits per heavy atom. The van der Waals surface area contributed by atoms with Crippen molar-refractivity contribution in [1.82, 2.24) is 19.6 Å². The number of anilines is 1. The molecule has 0 aliphatic heterocycles. The third-order valence-corrected chi connectivity index (χ3v) is 8.76. The molecule has 0 aliphatic rings. The van der Waals surface area contributed by atoms with Gasteiger partial charge in [-0.2, -0.15) is 32.9 Å². The number of carbonyl (C=O) groups excluding carboxylic acids is 1. The van der Waals surface area contributed by atoms with Gasteiger partial charge in [-0.15, -0.1) is 5.10 Å². The molecule has 0 saturated carbocycles. The summed E-state index contributed by atoms with van der Waals surface area (Å²) < 4.78 is 139. The number of ether oxygens (including phenoxy) is 6. The molecule has 0 fully saturated rings. The Hall–Kier alpha value is -6.50. The van der Waals surface area contributed by atoms with Crippen molar-refractivity contribution >= 4 is 27.6 Å². The van der Waals surface area contributed by atoms with Gasteiger partial charge in [0.1, 0.15) is 28.8 Å². The van der Waals surface area contributed by atoms with E-state index in [9.17, 15) is 39.6 Å².